The molecule has 3 N–H and O–H groups in total. The van der Waals surface area contributed by atoms with Crippen LogP contribution in [-0.4, -0.2) is 107 Å². The number of esters is 1. The fourth-order valence-corrected chi connectivity index (χ4v) is 7.49. The second-order valence-electron chi connectivity index (χ2n) is 14.0. The zero-order valence-corrected chi connectivity index (χ0v) is 31.6. The third-order valence-electron chi connectivity index (χ3n) is 9.15. The first-order valence-corrected chi connectivity index (χ1v) is 18.6. The second kappa shape index (κ2) is 17.2. The lowest BCUT2D eigenvalue weighted by Gasteiger charge is -2.35. The van der Waals surface area contributed by atoms with Gasteiger partial charge in [0.15, 0.2) is 11.6 Å². The normalized spacial score (nSPS) is 16.9. The zero-order valence-electron chi connectivity index (χ0n) is 29.9. The van der Waals surface area contributed by atoms with Gasteiger partial charge in [-0.1, -0.05) is 76.2 Å². The predicted molar refractivity (Wildman–Crippen MR) is 203 cm³/mol. The maximum absolute atomic E-state index is 12.9. The highest BCUT2D eigenvalue weighted by Gasteiger charge is 2.39. The van der Waals surface area contributed by atoms with E-state index in [1.807, 2.05) is 63.9 Å². The van der Waals surface area contributed by atoms with Crippen LogP contribution in [0.3, 0.4) is 0 Å². The van der Waals surface area contributed by atoms with E-state index in [0.29, 0.717) is 57.3 Å². The van der Waals surface area contributed by atoms with Crippen molar-refractivity contribution in [3.05, 3.63) is 76.9 Å². The Morgan fingerprint density at radius 2 is 1.53 bits per heavy atom. The Bertz CT molecular complexity index is 1810. The Hall–Kier alpha value is -3.68. The first-order chi connectivity index (χ1) is 24.2. The van der Waals surface area contributed by atoms with Crippen LogP contribution in [0.4, 0.5) is 0 Å². The Morgan fingerprint density at radius 3 is 2.14 bits per heavy atom. The van der Waals surface area contributed by atoms with Crippen molar-refractivity contribution in [1.29, 1.82) is 0 Å². The van der Waals surface area contributed by atoms with E-state index in [9.17, 15) is 24.3 Å². The summed E-state index contributed by atoms with van der Waals surface area (Å²) in [4.78, 5) is 54.6. The van der Waals surface area contributed by atoms with Crippen molar-refractivity contribution in [3.63, 3.8) is 0 Å². The van der Waals surface area contributed by atoms with Gasteiger partial charge in [0.2, 0.25) is 5.91 Å². The summed E-state index contributed by atoms with van der Waals surface area (Å²) in [6.45, 7) is 11.0. The number of phenols is 1. The van der Waals surface area contributed by atoms with Gasteiger partial charge in [0, 0.05) is 88.0 Å². The number of phenolic OH excluding ortho intramolecular Hbond substituents is 1. The van der Waals surface area contributed by atoms with Gasteiger partial charge in [0.25, 0.3) is 0 Å². The lowest BCUT2D eigenvalue weighted by Crippen LogP contribution is -2.48. The number of piperazine rings is 1. The van der Waals surface area contributed by atoms with Crippen molar-refractivity contribution in [3.8, 4) is 11.5 Å². The highest BCUT2D eigenvalue weighted by molar-refractivity contribution is 7.99. The van der Waals surface area contributed by atoms with E-state index in [0.717, 1.165) is 24.0 Å². The number of amides is 1. The van der Waals surface area contributed by atoms with Gasteiger partial charge in [-0.2, -0.15) is 12.6 Å². The minimum atomic E-state index is -0.680. The number of allylic oxidation sites excluding steroid dienone is 2. The van der Waals surface area contributed by atoms with Gasteiger partial charge in [0.1, 0.15) is 11.5 Å². The highest BCUT2D eigenvalue weighted by atomic mass is 32.2. The summed E-state index contributed by atoms with van der Waals surface area (Å²) in [5, 5.41) is 29.0. The van der Waals surface area contributed by atoms with Crippen molar-refractivity contribution >= 4 is 58.6 Å². The fourth-order valence-electron chi connectivity index (χ4n) is 6.43. The van der Waals surface area contributed by atoms with Crippen LogP contribution < -0.4 is 4.74 Å². The number of ether oxygens (including phenoxy) is 1. The topological polar surface area (TPSA) is 145 Å². The molecule has 3 aliphatic rings. The number of carbonyl (C=O) groups is 4. The molecule has 0 saturated carbocycles. The van der Waals surface area contributed by atoms with Gasteiger partial charge in [0.05, 0.1) is 24.5 Å². The average molecular weight is 737 g/mol. The Morgan fingerprint density at radius 1 is 0.941 bits per heavy atom. The number of hydrogen-bond acceptors (Lipinski definition) is 11. The van der Waals surface area contributed by atoms with Gasteiger partial charge in [-0.05, 0) is 13.1 Å². The number of hydrogen-bond donors (Lipinski definition) is 4. The molecular weight excluding hydrogens is 689 g/mol. The van der Waals surface area contributed by atoms with Crippen LogP contribution in [0.15, 0.2) is 65.1 Å². The van der Waals surface area contributed by atoms with Crippen LogP contribution in [0.5, 0.6) is 11.5 Å². The van der Waals surface area contributed by atoms with Crippen molar-refractivity contribution in [2.75, 3.05) is 57.9 Å². The number of ketones is 2. The maximum Gasteiger partial charge on any atom is 0.312 e. The molecule has 1 aliphatic carbocycles. The van der Waals surface area contributed by atoms with Gasteiger partial charge in [-0.25, -0.2) is 0 Å². The Labute approximate surface area is 309 Å². The van der Waals surface area contributed by atoms with E-state index in [-0.39, 0.29) is 55.2 Å². The van der Waals surface area contributed by atoms with Crippen LogP contribution in [0.25, 0.3) is 10.8 Å². The minimum Gasteiger partial charge on any atom is -0.506 e. The molecule has 1 fully saturated rings. The summed E-state index contributed by atoms with van der Waals surface area (Å²) >= 11 is 5.06. The molecule has 3 aromatic carbocycles. The molecule has 0 spiro atoms. The molecule has 0 atom stereocenters. The maximum atomic E-state index is 12.9. The van der Waals surface area contributed by atoms with Gasteiger partial charge in [-0.3, -0.25) is 19.2 Å². The molecule has 51 heavy (non-hydrogen) atoms. The molecule has 3 aromatic rings. The van der Waals surface area contributed by atoms with Crippen LogP contribution in [0.2, 0.25) is 0 Å². The number of thioether (sulfide) groups is 1. The summed E-state index contributed by atoms with van der Waals surface area (Å²) in [5.74, 6) is 1.25. The van der Waals surface area contributed by atoms with Crippen molar-refractivity contribution in [2.24, 2.45) is 5.41 Å². The van der Waals surface area contributed by atoms with Gasteiger partial charge >= 0.3 is 5.97 Å². The van der Waals surface area contributed by atoms with Crippen LogP contribution in [-0.2, 0) is 15.0 Å². The molecule has 0 bridgehead atoms. The Kier molecular flexibility index (Phi) is 13.5. The molecule has 274 valence electrons. The molecule has 10 nitrogen and oxygen atoms in total. The lowest BCUT2D eigenvalue weighted by molar-refractivity contribution is -0.137. The number of thiol groups is 1. The standard InChI is InChI=1S/C20H24N2O3.C17H18O4S.C2H6OS/c1-20(2,13-18(24)22-10-8-21(3)9-11-22)16-12-17(23)14-6-4-5-7-15(14)19(16)25;1-17(2)9-12(19)21-15-11-6-4-3-5-10(11)14(20)16(13(15)17)22-8-7-18;3-1-2-4/h4-7,12H,8-11,13H2,1-3H3;3-6,18,20H,7-9H2,1-2H3;3-4H,1-2H2. The molecule has 0 radical (unpaired) electrons. The first kappa shape index (κ1) is 40.1. The number of nitrogens with zero attached hydrogens (tertiary/aromatic N) is 2. The second-order valence-corrected chi connectivity index (χ2v) is 15.6. The number of aliphatic hydroxyl groups excluding tert-OH is 2. The largest absolute Gasteiger partial charge is 0.506 e. The monoisotopic (exact) mass is 736 g/mol. The number of Topliss-reactive ketones (excluding diaryl/α,β-unsaturated/α-hetero) is 1. The summed E-state index contributed by atoms with van der Waals surface area (Å²) in [6.07, 6.45) is 1.91. The van der Waals surface area contributed by atoms with E-state index in [1.54, 1.807) is 24.3 Å². The third kappa shape index (κ3) is 9.22. The van der Waals surface area contributed by atoms with Crippen LogP contribution >= 0.6 is 24.4 Å². The molecule has 0 unspecified atom stereocenters. The van der Waals surface area contributed by atoms with Crippen molar-refractivity contribution in [1.82, 2.24) is 9.80 Å². The van der Waals surface area contributed by atoms with E-state index >= 15 is 0 Å². The van der Waals surface area contributed by atoms with Crippen LogP contribution in [0, 0.1) is 5.41 Å². The lowest BCUT2D eigenvalue weighted by atomic mass is 9.73. The van der Waals surface area contributed by atoms with E-state index in [4.69, 9.17) is 14.9 Å². The smallest absolute Gasteiger partial charge is 0.312 e. The van der Waals surface area contributed by atoms with Crippen molar-refractivity contribution in [2.45, 2.75) is 50.8 Å². The summed E-state index contributed by atoms with van der Waals surface area (Å²) in [6, 6.07) is 14.2. The number of rotatable bonds is 7. The predicted octanol–water partition coefficient (Wildman–Crippen LogP) is 5.31. The number of fused-ring (bicyclic) bond motifs is 4. The Balaban J connectivity index is 0.000000208. The molecule has 0 aromatic heterocycles. The molecule has 2 aliphatic heterocycles. The van der Waals surface area contributed by atoms with E-state index in [2.05, 4.69) is 17.5 Å². The number of aromatic hydroxyl groups is 1. The number of carbonyl (C=O) groups excluding carboxylic acids is 4. The molecule has 1 amide bonds. The van der Waals surface area contributed by atoms with Crippen LogP contribution in [0.1, 0.15) is 66.8 Å². The van der Waals surface area contributed by atoms with Gasteiger partial charge < -0.3 is 29.9 Å². The van der Waals surface area contributed by atoms with Gasteiger partial charge in [-0.15, -0.1) is 11.8 Å². The quantitative estimate of drug-likeness (QED) is 0.109. The SMILES string of the molecule is CC1(C)CC(=O)Oc2c1c(SCCO)c(O)c1ccccc21.CN1CCN(C(=O)CC(C)(C)C2=CC(=O)c3ccccc3C2=O)CC1.OCCS. The third-order valence-corrected chi connectivity index (χ3v) is 10.4. The first-order valence-electron chi connectivity index (χ1n) is 17.0. The zero-order chi connectivity index (χ0) is 37.5. The summed E-state index contributed by atoms with van der Waals surface area (Å²) in [7, 11) is 2.04. The fraction of sp³-hybridized carbons (Fsp3) is 0.436. The molecule has 12 heteroatoms. The molecule has 2 heterocycles. The van der Waals surface area contributed by atoms with Crippen molar-refractivity contribution < 1.29 is 39.2 Å². The highest BCUT2D eigenvalue weighted by Crippen LogP contribution is 2.52. The number of likely N-dealkylation sites (N-methyl/N-ethyl adjacent to an activating group) is 1. The molecule has 1 saturated heterocycles. The molecular formula is C39H48N2O8S2. The summed E-state index contributed by atoms with van der Waals surface area (Å²) < 4.78 is 5.53. The average Bonchev–Trinajstić information content (AvgIpc) is 3.10. The van der Waals surface area contributed by atoms with E-state index < -0.39 is 10.8 Å². The van der Waals surface area contributed by atoms with E-state index in [1.165, 1.54) is 17.8 Å². The number of aliphatic hydroxyl groups is 2. The molecule has 6 rings (SSSR count). The summed E-state index contributed by atoms with van der Waals surface area (Å²) in [5.41, 5.74) is 1.05. The number of benzene rings is 3. The minimum absolute atomic E-state index is 0.0198.